The van der Waals surface area contributed by atoms with Gasteiger partial charge in [-0.25, -0.2) is 12.8 Å². The zero-order valence-corrected chi connectivity index (χ0v) is 19.4. The molecular weight excluding hydrogens is 502 g/mol. The fraction of sp³-hybridized carbons (Fsp3) is 0.150. The molecule has 0 unspecified atom stereocenters. The van der Waals surface area contributed by atoms with Crippen LogP contribution >= 0.6 is 34.8 Å². The minimum Gasteiger partial charge on any atom is -0.490 e. The molecule has 0 aliphatic carbocycles. The molecule has 0 spiro atoms. The average molecular weight is 518 g/mol. The first-order valence-corrected chi connectivity index (χ1v) is 11.9. The van der Waals surface area contributed by atoms with Gasteiger partial charge in [0.2, 0.25) is 0 Å². The van der Waals surface area contributed by atoms with E-state index in [2.05, 4.69) is 14.8 Å². The minimum atomic E-state index is -4.27. The number of hydrogen-bond acceptors (Lipinski definition) is 4. The molecule has 4 rings (SSSR count). The van der Waals surface area contributed by atoms with E-state index >= 15 is 0 Å². The van der Waals surface area contributed by atoms with E-state index in [1.807, 2.05) is 0 Å². The molecule has 0 bridgehead atoms. The zero-order valence-electron chi connectivity index (χ0n) is 16.3. The molecule has 0 amide bonds. The molecule has 2 N–H and O–H groups in total. The van der Waals surface area contributed by atoms with Gasteiger partial charge in [0, 0.05) is 30.7 Å². The average Bonchev–Trinajstić information content (AvgIpc) is 3.34. The van der Waals surface area contributed by atoms with E-state index in [1.165, 1.54) is 36.7 Å². The number of sulfonamides is 1. The van der Waals surface area contributed by atoms with Crippen molar-refractivity contribution in [3.8, 4) is 5.75 Å². The van der Waals surface area contributed by atoms with E-state index in [0.29, 0.717) is 38.9 Å². The number of H-pyrrole nitrogens is 1. The Hall–Kier alpha value is -2.46. The third-order valence-corrected chi connectivity index (χ3v) is 6.78. The van der Waals surface area contributed by atoms with E-state index in [-0.39, 0.29) is 18.0 Å². The maximum absolute atomic E-state index is 15.0. The summed E-state index contributed by atoms with van der Waals surface area (Å²) in [5.41, 5.74) is 0.567. The molecule has 0 saturated carbocycles. The molecule has 0 saturated heterocycles. The van der Waals surface area contributed by atoms with Crippen molar-refractivity contribution in [1.82, 2.24) is 14.8 Å². The molecule has 0 atom stereocenters. The van der Waals surface area contributed by atoms with Crippen LogP contribution in [0.1, 0.15) is 6.42 Å². The maximum Gasteiger partial charge on any atom is 0.265 e. The molecule has 4 aromatic rings. The van der Waals surface area contributed by atoms with Gasteiger partial charge in [-0.3, -0.25) is 9.40 Å². The summed E-state index contributed by atoms with van der Waals surface area (Å²) < 4.78 is 50.3. The molecule has 0 aliphatic heterocycles. The van der Waals surface area contributed by atoms with E-state index < -0.39 is 20.7 Å². The summed E-state index contributed by atoms with van der Waals surface area (Å²) in [5.74, 6) is -1.16. The van der Waals surface area contributed by atoms with Gasteiger partial charge in [0.25, 0.3) is 10.0 Å². The molecule has 12 heteroatoms. The van der Waals surface area contributed by atoms with Gasteiger partial charge in [-0.1, -0.05) is 40.9 Å². The summed E-state index contributed by atoms with van der Waals surface area (Å²) in [7, 11) is -4.27. The quantitative estimate of drug-likeness (QED) is 0.292. The van der Waals surface area contributed by atoms with Crippen LogP contribution in [-0.2, 0) is 16.6 Å². The molecule has 32 heavy (non-hydrogen) atoms. The fourth-order valence-electron chi connectivity index (χ4n) is 3.13. The third kappa shape index (κ3) is 4.66. The lowest BCUT2D eigenvalue weighted by Gasteiger charge is -2.13. The Morgan fingerprint density at radius 3 is 2.72 bits per heavy atom. The Labute approximate surface area is 198 Å². The number of rotatable bonds is 8. The van der Waals surface area contributed by atoms with Crippen molar-refractivity contribution in [1.29, 1.82) is 0 Å². The van der Waals surface area contributed by atoms with Crippen LogP contribution in [0.4, 0.5) is 10.1 Å². The highest BCUT2D eigenvalue weighted by molar-refractivity contribution is 7.92. The summed E-state index contributed by atoms with van der Waals surface area (Å²) in [6, 6.07) is 6.90. The topological polar surface area (TPSA) is 89.0 Å². The molecule has 2 heterocycles. The highest BCUT2D eigenvalue weighted by Gasteiger charge is 2.24. The Kier molecular flexibility index (Phi) is 6.52. The lowest BCUT2D eigenvalue weighted by Crippen LogP contribution is -2.15. The van der Waals surface area contributed by atoms with Crippen LogP contribution in [0.5, 0.6) is 5.75 Å². The molecule has 2 aromatic carbocycles. The van der Waals surface area contributed by atoms with Crippen molar-refractivity contribution in [3.05, 3.63) is 69.8 Å². The van der Waals surface area contributed by atoms with Crippen LogP contribution in [0.2, 0.25) is 15.1 Å². The first-order valence-electron chi connectivity index (χ1n) is 9.33. The van der Waals surface area contributed by atoms with Crippen molar-refractivity contribution in [2.24, 2.45) is 0 Å². The van der Waals surface area contributed by atoms with E-state index in [4.69, 9.17) is 39.5 Å². The van der Waals surface area contributed by atoms with Crippen molar-refractivity contribution < 1.29 is 17.5 Å². The summed E-state index contributed by atoms with van der Waals surface area (Å²) in [4.78, 5) is 2.32. The van der Waals surface area contributed by atoms with Gasteiger partial charge >= 0.3 is 0 Å². The predicted molar refractivity (Wildman–Crippen MR) is 123 cm³/mol. The Morgan fingerprint density at radius 2 is 1.97 bits per heavy atom. The normalized spacial score (nSPS) is 11.8. The van der Waals surface area contributed by atoms with Crippen molar-refractivity contribution in [2.75, 3.05) is 11.3 Å². The lowest BCUT2D eigenvalue weighted by molar-refractivity contribution is 0.282. The van der Waals surface area contributed by atoms with Gasteiger partial charge in [-0.2, -0.15) is 5.10 Å². The molecule has 7 nitrogen and oxygen atoms in total. The van der Waals surface area contributed by atoms with Crippen LogP contribution in [-0.4, -0.2) is 29.8 Å². The van der Waals surface area contributed by atoms with Gasteiger partial charge in [0.05, 0.1) is 39.1 Å². The fourth-order valence-corrected chi connectivity index (χ4v) is 5.01. The van der Waals surface area contributed by atoms with Crippen LogP contribution in [0.25, 0.3) is 10.9 Å². The number of aromatic nitrogens is 3. The number of aromatic amines is 1. The second-order valence-electron chi connectivity index (χ2n) is 6.78. The Morgan fingerprint density at radius 1 is 1.16 bits per heavy atom. The SMILES string of the molecule is O=S(=O)(Nc1ccc(Cl)c2c(Cl)c[nH]c12)c1cccc(OCCCn2cc(Cl)cn2)c1F. The van der Waals surface area contributed by atoms with E-state index in [1.54, 1.807) is 10.9 Å². The number of nitrogens with one attached hydrogen (secondary N) is 2. The standard InChI is InChI=1S/C20H16Cl3FN4O3S/c21-12-9-26-28(11-12)7-2-8-31-16-3-1-4-17(19(16)24)32(29,30)27-15-6-5-13(22)18-14(23)10-25-20(15)18/h1,3-6,9-11,25,27H,2,7-8H2. The van der Waals surface area contributed by atoms with Gasteiger partial charge < -0.3 is 9.72 Å². The number of halogens is 4. The third-order valence-electron chi connectivity index (χ3n) is 4.59. The number of ether oxygens (including phenoxy) is 1. The van der Waals surface area contributed by atoms with Crippen molar-refractivity contribution in [3.63, 3.8) is 0 Å². The lowest BCUT2D eigenvalue weighted by atomic mass is 10.2. The van der Waals surface area contributed by atoms with Crippen LogP contribution < -0.4 is 9.46 Å². The van der Waals surface area contributed by atoms with E-state index in [9.17, 15) is 12.8 Å². The number of anilines is 1. The molecule has 0 aliphatic rings. The number of fused-ring (bicyclic) bond motifs is 1. The molecular formula is C20H16Cl3FN4O3S. The highest BCUT2D eigenvalue weighted by atomic mass is 35.5. The summed E-state index contributed by atoms with van der Waals surface area (Å²) in [6.45, 7) is 0.670. The first kappa shape index (κ1) is 22.7. The Balaban J connectivity index is 1.51. The highest BCUT2D eigenvalue weighted by Crippen LogP contribution is 2.36. The summed E-state index contributed by atoms with van der Waals surface area (Å²) in [5, 5.41) is 5.71. The minimum absolute atomic E-state index is 0.157. The largest absolute Gasteiger partial charge is 0.490 e. The van der Waals surface area contributed by atoms with Crippen LogP contribution in [0.15, 0.2) is 53.8 Å². The van der Waals surface area contributed by atoms with Crippen LogP contribution in [0, 0.1) is 5.82 Å². The van der Waals surface area contributed by atoms with Gasteiger partial charge in [-0.15, -0.1) is 0 Å². The molecule has 168 valence electrons. The monoisotopic (exact) mass is 516 g/mol. The second-order valence-corrected chi connectivity index (χ2v) is 9.68. The molecule has 0 fully saturated rings. The van der Waals surface area contributed by atoms with E-state index in [0.717, 1.165) is 6.07 Å². The second kappa shape index (κ2) is 9.19. The van der Waals surface area contributed by atoms with Crippen molar-refractivity contribution in [2.45, 2.75) is 17.9 Å². The van der Waals surface area contributed by atoms with Crippen molar-refractivity contribution >= 4 is 61.4 Å². The summed E-state index contributed by atoms with van der Waals surface area (Å²) >= 11 is 18.1. The smallest absolute Gasteiger partial charge is 0.265 e. The number of hydrogen-bond donors (Lipinski definition) is 2. The maximum atomic E-state index is 15.0. The number of aryl methyl sites for hydroxylation is 1. The van der Waals surface area contributed by atoms with Gasteiger partial charge in [0.15, 0.2) is 11.6 Å². The van der Waals surface area contributed by atoms with Gasteiger partial charge in [0.1, 0.15) is 4.90 Å². The number of nitrogens with zero attached hydrogens (tertiary/aromatic N) is 2. The zero-order chi connectivity index (χ0) is 22.9. The van der Waals surface area contributed by atoms with Crippen LogP contribution in [0.3, 0.4) is 0 Å². The summed E-state index contributed by atoms with van der Waals surface area (Å²) in [6.07, 6.45) is 5.18. The number of benzene rings is 2. The molecule has 2 aromatic heterocycles. The van der Waals surface area contributed by atoms with Gasteiger partial charge in [-0.05, 0) is 24.3 Å². The molecule has 0 radical (unpaired) electrons. The first-order chi connectivity index (χ1) is 15.3. The predicted octanol–water partition coefficient (Wildman–Crippen LogP) is 5.73. The Bertz CT molecular complexity index is 1390.